The molecular weight excluding hydrogens is 649 g/mol. The first-order valence-electron chi connectivity index (χ1n) is 12.5. The van der Waals surface area contributed by atoms with Crippen LogP contribution in [0.3, 0.4) is 0 Å². The first-order valence-corrected chi connectivity index (χ1v) is 17.5. The Morgan fingerprint density at radius 1 is 0.405 bits per heavy atom. The molecule has 6 heterocycles. The van der Waals surface area contributed by atoms with Gasteiger partial charge in [0.15, 0.2) is 0 Å². The van der Waals surface area contributed by atoms with E-state index in [9.17, 15) is 0 Å². The zero-order chi connectivity index (χ0) is 29.4. The van der Waals surface area contributed by atoms with E-state index in [0.29, 0.717) is 0 Å². The van der Waals surface area contributed by atoms with Crippen LogP contribution in [0.1, 0.15) is 0 Å². The van der Waals surface area contributed by atoms with E-state index in [-0.39, 0.29) is 0 Å². The summed E-state index contributed by atoms with van der Waals surface area (Å²) in [6.45, 7) is 0. The fourth-order valence-corrected chi connectivity index (χ4v) is 11.2. The van der Waals surface area contributed by atoms with Crippen LogP contribution in [0, 0.1) is 0 Å². The van der Waals surface area contributed by atoms with Gasteiger partial charge in [-0.2, -0.15) is 0 Å². The number of hydrogen-bond acceptors (Lipinski definition) is 12. The minimum Gasteiger partial charge on any atom is -0.496 e. The minimum absolute atomic E-state index is 0.791. The molecule has 12 heteroatoms. The number of hydrogen-bond donors (Lipinski definition) is 0. The summed E-state index contributed by atoms with van der Waals surface area (Å²) in [6.07, 6.45) is 0. The van der Waals surface area contributed by atoms with Crippen LogP contribution >= 0.6 is 68.0 Å². The lowest BCUT2D eigenvalue weighted by Gasteiger charge is -2.02. The van der Waals surface area contributed by atoms with Gasteiger partial charge in [-0.3, -0.25) is 0 Å². The topological polar surface area (TPSA) is 55.4 Å². The van der Waals surface area contributed by atoms with Crippen molar-refractivity contribution in [3.63, 3.8) is 0 Å². The third kappa shape index (κ3) is 5.20. The molecule has 6 aromatic heterocycles. The molecule has 6 aromatic rings. The zero-order valence-electron chi connectivity index (χ0n) is 23.5. The summed E-state index contributed by atoms with van der Waals surface area (Å²) >= 11 is 10.0. The Bertz CT molecular complexity index is 1830. The van der Waals surface area contributed by atoms with Gasteiger partial charge in [0, 0.05) is 39.4 Å². The van der Waals surface area contributed by atoms with E-state index in [0.717, 1.165) is 83.3 Å². The smallest absolute Gasteiger partial charge is 0.139 e. The second kappa shape index (κ2) is 12.3. The summed E-state index contributed by atoms with van der Waals surface area (Å²) in [5, 5.41) is 4.05. The van der Waals surface area contributed by atoms with E-state index in [1.54, 1.807) is 111 Å². The van der Waals surface area contributed by atoms with Crippen molar-refractivity contribution in [1.29, 1.82) is 0 Å². The second-order valence-corrected chi connectivity index (χ2v) is 14.7. The molecule has 0 radical (unpaired) electrons. The van der Waals surface area contributed by atoms with Crippen LogP contribution in [0.2, 0.25) is 0 Å². The van der Waals surface area contributed by atoms with Crippen LogP contribution < -0.4 is 28.4 Å². The normalized spacial score (nSPS) is 11.1. The Labute approximate surface area is 267 Å². The highest BCUT2D eigenvalue weighted by Crippen LogP contribution is 2.56. The summed E-state index contributed by atoms with van der Waals surface area (Å²) in [7, 11) is 10.2. The molecule has 0 N–H and O–H groups in total. The van der Waals surface area contributed by atoms with Crippen LogP contribution in [-0.4, -0.2) is 42.7 Å². The molecule has 0 aliphatic rings. The van der Waals surface area contributed by atoms with Crippen molar-refractivity contribution < 1.29 is 28.4 Å². The lowest BCUT2D eigenvalue weighted by molar-refractivity contribution is 0.412. The molecule has 0 saturated heterocycles. The standard InChI is InChI=1S/C30H26O6S6/c1-31-15-9-21(38-14-15)22-10-17(33-3)27(39-22)24-11-18(34-4)28(40-24)25-13-20(36-6)30(42-25)29-19(35-5)12-23(41-29)26-16(32-2)7-8-37-26/h7-14H,1-6H3. The first kappa shape index (κ1) is 29.1. The molecule has 0 unspecified atom stereocenters. The van der Waals surface area contributed by atoms with Crippen molar-refractivity contribution in [2.75, 3.05) is 42.7 Å². The molecule has 6 nitrogen and oxygen atoms in total. The van der Waals surface area contributed by atoms with Gasteiger partial charge in [0.1, 0.15) is 34.5 Å². The van der Waals surface area contributed by atoms with Gasteiger partial charge in [0.25, 0.3) is 0 Å². The third-order valence-electron chi connectivity index (χ3n) is 6.45. The van der Waals surface area contributed by atoms with Gasteiger partial charge in [0.05, 0.1) is 81.7 Å². The molecule has 0 atom stereocenters. The van der Waals surface area contributed by atoms with Gasteiger partial charge in [-0.1, -0.05) is 0 Å². The number of rotatable bonds is 11. The van der Waals surface area contributed by atoms with Gasteiger partial charge in [-0.05, 0) is 17.5 Å². The Hall–Kier alpha value is -3.00. The predicted octanol–water partition coefficient (Wildman–Crippen LogP) is 10.4. The summed E-state index contributed by atoms with van der Waals surface area (Å²) in [4.78, 5) is 10.7. The number of thiophene rings is 6. The van der Waals surface area contributed by atoms with Gasteiger partial charge in [0.2, 0.25) is 0 Å². The van der Waals surface area contributed by atoms with Gasteiger partial charge in [-0.25, -0.2) is 0 Å². The highest BCUT2D eigenvalue weighted by Gasteiger charge is 2.25. The lowest BCUT2D eigenvalue weighted by Crippen LogP contribution is -1.84. The maximum absolute atomic E-state index is 5.89. The van der Waals surface area contributed by atoms with Crippen molar-refractivity contribution in [2.24, 2.45) is 0 Å². The molecule has 0 aromatic carbocycles. The van der Waals surface area contributed by atoms with Crippen LogP contribution in [0.15, 0.2) is 47.2 Å². The molecule has 42 heavy (non-hydrogen) atoms. The Balaban J connectivity index is 1.41. The second-order valence-electron chi connectivity index (χ2n) is 8.70. The van der Waals surface area contributed by atoms with Gasteiger partial charge >= 0.3 is 0 Å². The Morgan fingerprint density at radius 3 is 1.36 bits per heavy atom. The van der Waals surface area contributed by atoms with Crippen LogP contribution in [-0.2, 0) is 0 Å². The lowest BCUT2D eigenvalue weighted by atomic mass is 10.2. The Kier molecular flexibility index (Phi) is 8.53. The summed E-state index contributed by atoms with van der Waals surface area (Å²) in [6, 6.07) is 12.4. The molecule has 0 saturated carbocycles. The quantitative estimate of drug-likeness (QED) is 0.136. The van der Waals surface area contributed by atoms with Crippen molar-refractivity contribution in [1.82, 2.24) is 0 Å². The number of ether oxygens (including phenoxy) is 6. The van der Waals surface area contributed by atoms with Crippen molar-refractivity contribution in [2.45, 2.75) is 0 Å². The molecule has 218 valence electrons. The van der Waals surface area contributed by atoms with E-state index < -0.39 is 0 Å². The summed E-state index contributed by atoms with van der Waals surface area (Å²) in [5.74, 6) is 4.95. The molecule has 0 aliphatic carbocycles. The molecule has 0 spiro atoms. The molecule has 0 aliphatic heterocycles. The van der Waals surface area contributed by atoms with E-state index in [4.69, 9.17) is 28.4 Å². The van der Waals surface area contributed by atoms with Gasteiger partial charge in [-0.15, -0.1) is 68.0 Å². The Morgan fingerprint density at radius 2 is 0.857 bits per heavy atom. The SMILES string of the molecule is COc1csc(-c2cc(OC)c(-c3cc(OC)c(-c4cc(OC)c(-c5sc(-c6sccc6OC)cc5OC)s4)s3)s2)c1. The largest absolute Gasteiger partial charge is 0.496 e. The van der Waals surface area contributed by atoms with Crippen LogP contribution in [0.5, 0.6) is 34.5 Å². The monoisotopic (exact) mass is 674 g/mol. The molecule has 0 bridgehead atoms. The van der Waals surface area contributed by atoms with Crippen LogP contribution in [0.4, 0.5) is 0 Å². The van der Waals surface area contributed by atoms with Crippen molar-refractivity contribution >= 4 is 68.0 Å². The minimum atomic E-state index is 0.791. The van der Waals surface area contributed by atoms with Crippen molar-refractivity contribution in [3.8, 4) is 83.3 Å². The molecule has 0 fully saturated rings. The highest BCUT2D eigenvalue weighted by molar-refractivity contribution is 7.31. The number of methoxy groups -OCH3 is 6. The van der Waals surface area contributed by atoms with E-state index in [1.807, 2.05) is 16.8 Å². The van der Waals surface area contributed by atoms with Gasteiger partial charge < -0.3 is 28.4 Å². The summed E-state index contributed by atoms with van der Waals surface area (Å²) < 4.78 is 34.4. The molecule has 0 amide bonds. The summed E-state index contributed by atoms with van der Waals surface area (Å²) in [5.41, 5.74) is 0. The third-order valence-corrected chi connectivity index (χ3v) is 13.6. The average molecular weight is 675 g/mol. The van der Waals surface area contributed by atoms with Crippen LogP contribution in [0.25, 0.3) is 48.8 Å². The fourth-order valence-electron chi connectivity index (χ4n) is 4.41. The maximum atomic E-state index is 5.89. The average Bonchev–Trinajstić information content (AvgIpc) is 3.86. The first-order chi connectivity index (χ1) is 20.5. The van der Waals surface area contributed by atoms with E-state index in [1.165, 1.54) is 0 Å². The molecule has 6 rings (SSSR count). The highest BCUT2D eigenvalue weighted by atomic mass is 32.1. The van der Waals surface area contributed by atoms with E-state index in [2.05, 4.69) is 30.3 Å². The fraction of sp³-hybridized carbons (Fsp3) is 0.200. The maximum Gasteiger partial charge on any atom is 0.139 e. The van der Waals surface area contributed by atoms with E-state index >= 15 is 0 Å². The zero-order valence-corrected chi connectivity index (χ0v) is 28.4. The molecular formula is C30H26O6S6. The van der Waals surface area contributed by atoms with Crippen molar-refractivity contribution in [3.05, 3.63) is 47.2 Å². The predicted molar refractivity (Wildman–Crippen MR) is 180 cm³/mol.